The van der Waals surface area contributed by atoms with Crippen LogP contribution in [0.5, 0.6) is 0 Å². The molecule has 0 N–H and O–H groups in total. The van der Waals surface area contributed by atoms with E-state index in [-0.39, 0.29) is 5.41 Å². The molecule has 3 heterocycles. The minimum atomic E-state index is -0.259. The van der Waals surface area contributed by atoms with Crippen LogP contribution in [0.3, 0.4) is 0 Å². The molecule has 3 heteroatoms. The highest BCUT2D eigenvalue weighted by Crippen LogP contribution is 2.57. The van der Waals surface area contributed by atoms with Crippen LogP contribution in [0.25, 0.3) is 81.3 Å². The Morgan fingerprint density at radius 2 is 1.19 bits per heavy atom. The van der Waals surface area contributed by atoms with Crippen LogP contribution in [0.4, 0.5) is 0 Å². The van der Waals surface area contributed by atoms with Crippen molar-refractivity contribution >= 4 is 53.3 Å². The number of thiophene rings is 1. The Bertz CT molecular complexity index is 2950. The summed E-state index contributed by atoms with van der Waals surface area (Å²) in [6, 6.07) is 64.0. The van der Waals surface area contributed by atoms with Crippen molar-refractivity contribution in [3.63, 3.8) is 0 Å². The van der Waals surface area contributed by atoms with Gasteiger partial charge in [0.2, 0.25) is 0 Å². The SMILES string of the molecule is CC1(c2ccccc2)c2ccccc2-c2ccc3c(sc4cc5c(cc43)c3ccccc3n5-c3cc(-c4ccccc4)cc(-c4ccccc4)n3)c21. The van der Waals surface area contributed by atoms with Gasteiger partial charge in [0, 0.05) is 41.9 Å². The zero-order valence-corrected chi connectivity index (χ0v) is 29.4. The van der Waals surface area contributed by atoms with Gasteiger partial charge in [0.15, 0.2) is 0 Å². The maximum absolute atomic E-state index is 5.38. The van der Waals surface area contributed by atoms with Crippen molar-refractivity contribution in [2.75, 3.05) is 0 Å². The van der Waals surface area contributed by atoms with Gasteiger partial charge >= 0.3 is 0 Å². The highest BCUT2D eigenvalue weighted by molar-refractivity contribution is 7.26. The second-order valence-electron chi connectivity index (χ2n) is 14.1. The highest BCUT2D eigenvalue weighted by atomic mass is 32.1. The fourth-order valence-corrected chi connectivity index (χ4v) is 10.2. The number of hydrogen-bond donors (Lipinski definition) is 0. The normalized spacial score (nSPS) is 15.1. The fourth-order valence-electron chi connectivity index (χ4n) is 8.81. The Kier molecular flexibility index (Phi) is 6.29. The van der Waals surface area contributed by atoms with E-state index in [2.05, 4.69) is 187 Å². The molecular formula is C49H32N2S. The van der Waals surface area contributed by atoms with Gasteiger partial charge in [0.05, 0.1) is 16.7 Å². The molecule has 2 nitrogen and oxygen atoms in total. The number of pyridine rings is 1. The lowest BCUT2D eigenvalue weighted by Gasteiger charge is -2.28. The Morgan fingerprint density at radius 3 is 2.00 bits per heavy atom. The first-order valence-electron chi connectivity index (χ1n) is 17.9. The Morgan fingerprint density at radius 1 is 0.500 bits per heavy atom. The summed E-state index contributed by atoms with van der Waals surface area (Å²) >= 11 is 1.93. The van der Waals surface area contributed by atoms with Crippen molar-refractivity contribution in [2.45, 2.75) is 12.3 Å². The van der Waals surface area contributed by atoms with E-state index in [1.165, 1.54) is 69.8 Å². The minimum absolute atomic E-state index is 0.259. The van der Waals surface area contributed by atoms with Gasteiger partial charge < -0.3 is 0 Å². The molecule has 1 aliphatic carbocycles. The summed E-state index contributed by atoms with van der Waals surface area (Å²) < 4.78 is 5.03. The van der Waals surface area contributed by atoms with Gasteiger partial charge in [0.25, 0.3) is 0 Å². The molecule has 3 aromatic heterocycles. The maximum Gasteiger partial charge on any atom is 0.138 e. The Balaban J connectivity index is 1.21. The van der Waals surface area contributed by atoms with E-state index in [9.17, 15) is 0 Å². The summed E-state index contributed by atoms with van der Waals surface area (Å²) in [7, 11) is 0. The smallest absolute Gasteiger partial charge is 0.138 e. The predicted octanol–water partition coefficient (Wildman–Crippen LogP) is 13.2. The molecule has 0 saturated heterocycles. The number of rotatable bonds is 4. The summed E-state index contributed by atoms with van der Waals surface area (Å²) in [5.74, 6) is 0.917. The molecule has 0 radical (unpaired) electrons. The summed E-state index contributed by atoms with van der Waals surface area (Å²) in [5.41, 5.74) is 13.3. The number of fused-ring (bicyclic) bond motifs is 10. The molecule has 0 amide bonds. The van der Waals surface area contributed by atoms with E-state index in [1.807, 2.05) is 11.3 Å². The summed E-state index contributed by atoms with van der Waals surface area (Å²) in [5, 5.41) is 5.10. The second kappa shape index (κ2) is 11.1. The molecule has 1 atom stereocenters. The lowest BCUT2D eigenvalue weighted by molar-refractivity contribution is 0.721. The van der Waals surface area contributed by atoms with Crippen molar-refractivity contribution in [1.82, 2.24) is 9.55 Å². The van der Waals surface area contributed by atoms with Crippen LogP contribution in [0.2, 0.25) is 0 Å². The number of aromatic nitrogens is 2. The topological polar surface area (TPSA) is 17.8 Å². The summed E-state index contributed by atoms with van der Waals surface area (Å²) in [6.07, 6.45) is 0. The van der Waals surface area contributed by atoms with Gasteiger partial charge in [-0.2, -0.15) is 0 Å². The summed E-state index contributed by atoms with van der Waals surface area (Å²) in [4.78, 5) is 5.38. The number of benzene rings is 7. The Labute approximate surface area is 305 Å². The first kappa shape index (κ1) is 29.4. The number of nitrogens with zero attached hydrogens (tertiary/aromatic N) is 2. The molecule has 1 aliphatic rings. The molecule has 0 bridgehead atoms. The van der Waals surface area contributed by atoms with Crippen molar-refractivity contribution in [1.29, 1.82) is 0 Å². The third-order valence-corrected chi connectivity index (χ3v) is 12.4. The molecule has 0 saturated carbocycles. The van der Waals surface area contributed by atoms with E-state index >= 15 is 0 Å². The average molecular weight is 681 g/mol. The van der Waals surface area contributed by atoms with Crippen LogP contribution >= 0.6 is 11.3 Å². The number of para-hydroxylation sites is 1. The monoisotopic (exact) mass is 680 g/mol. The zero-order valence-electron chi connectivity index (χ0n) is 28.5. The molecule has 0 spiro atoms. The molecular weight excluding hydrogens is 649 g/mol. The summed E-state index contributed by atoms with van der Waals surface area (Å²) in [6.45, 7) is 2.42. The van der Waals surface area contributed by atoms with Crippen molar-refractivity contribution in [3.05, 3.63) is 193 Å². The minimum Gasteiger partial charge on any atom is -0.294 e. The lowest BCUT2D eigenvalue weighted by Crippen LogP contribution is -2.22. The predicted molar refractivity (Wildman–Crippen MR) is 220 cm³/mol. The van der Waals surface area contributed by atoms with E-state index in [0.29, 0.717) is 0 Å². The van der Waals surface area contributed by atoms with Crippen molar-refractivity contribution in [2.24, 2.45) is 0 Å². The number of hydrogen-bond acceptors (Lipinski definition) is 2. The van der Waals surface area contributed by atoms with Crippen molar-refractivity contribution in [3.8, 4) is 39.3 Å². The van der Waals surface area contributed by atoms with Gasteiger partial charge in [-0.25, -0.2) is 4.98 Å². The van der Waals surface area contributed by atoms with E-state index < -0.39 is 0 Å². The zero-order chi connectivity index (χ0) is 34.4. The van der Waals surface area contributed by atoms with Gasteiger partial charge in [0.1, 0.15) is 5.82 Å². The first-order valence-corrected chi connectivity index (χ1v) is 18.7. The van der Waals surface area contributed by atoms with Crippen molar-refractivity contribution < 1.29 is 0 Å². The van der Waals surface area contributed by atoms with Crippen LogP contribution in [0, 0.1) is 0 Å². The maximum atomic E-state index is 5.38. The average Bonchev–Trinajstić information content (AvgIpc) is 3.83. The van der Waals surface area contributed by atoms with Gasteiger partial charge in [-0.1, -0.05) is 146 Å². The molecule has 52 heavy (non-hydrogen) atoms. The molecule has 0 aliphatic heterocycles. The van der Waals surface area contributed by atoms with Crippen LogP contribution in [-0.2, 0) is 5.41 Å². The third-order valence-electron chi connectivity index (χ3n) is 11.3. The fraction of sp³-hybridized carbons (Fsp3) is 0.0408. The Hall–Kier alpha value is -6.29. The van der Waals surface area contributed by atoms with Crippen LogP contribution in [0.1, 0.15) is 23.6 Å². The molecule has 7 aromatic carbocycles. The molecule has 1 unspecified atom stereocenters. The van der Waals surface area contributed by atoms with Crippen LogP contribution < -0.4 is 0 Å². The quantitative estimate of drug-likeness (QED) is 0.181. The van der Waals surface area contributed by atoms with E-state index in [1.54, 1.807) is 0 Å². The highest BCUT2D eigenvalue weighted by Gasteiger charge is 2.42. The molecule has 244 valence electrons. The molecule has 10 aromatic rings. The van der Waals surface area contributed by atoms with Crippen LogP contribution in [0.15, 0.2) is 176 Å². The first-order chi connectivity index (χ1) is 25.7. The standard InChI is InChI=1S/C49H32N2S/c1-49(34-19-9-4-10-20-34)41-23-13-11-21-35(41)37-25-26-38-40-29-39-36-22-12-14-24-43(36)51(44(39)30-45(40)52-48(38)47(37)49)46-28-33(31-15-5-2-6-16-31)27-42(50-46)32-17-7-3-8-18-32/h2-30H,1H3. The molecule has 11 rings (SSSR count). The van der Waals surface area contributed by atoms with Gasteiger partial charge in [-0.3, -0.25) is 4.57 Å². The lowest BCUT2D eigenvalue weighted by atomic mass is 9.74. The van der Waals surface area contributed by atoms with Crippen LogP contribution in [-0.4, -0.2) is 9.55 Å². The second-order valence-corrected chi connectivity index (χ2v) is 15.1. The largest absolute Gasteiger partial charge is 0.294 e. The van der Waals surface area contributed by atoms with E-state index in [0.717, 1.165) is 28.2 Å². The van der Waals surface area contributed by atoms with E-state index in [4.69, 9.17) is 4.98 Å². The third kappa shape index (κ3) is 4.14. The van der Waals surface area contributed by atoms with Gasteiger partial charge in [-0.05, 0) is 76.2 Å². The molecule has 0 fully saturated rings. The van der Waals surface area contributed by atoms with Gasteiger partial charge in [-0.15, -0.1) is 11.3 Å².